The molecule has 5 amide bonds. The SMILES string of the molecule is C[C@@H](NC(=O)OC(C)(C)C)C(=O)N[C@H]1CN(C(=O)OCc2ccccc2)CC[C@H]2CC[C@@H](C(=O)NC(c3ccccc3)c3ccccc3)N2C1=O. The van der Waals surface area contributed by atoms with E-state index in [9.17, 15) is 24.0 Å². The molecular formula is C39H47N5O7. The molecule has 2 aliphatic rings. The Morgan fingerprint density at radius 2 is 1.41 bits per heavy atom. The van der Waals surface area contributed by atoms with Crippen molar-refractivity contribution < 1.29 is 33.4 Å². The van der Waals surface area contributed by atoms with E-state index in [1.54, 1.807) is 25.7 Å². The van der Waals surface area contributed by atoms with Crippen molar-refractivity contribution >= 4 is 29.9 Å². The zero-order valence-electron chi connectivity index (χ0n) is 29.5. The molecule has 270 valence electrons. The largest absolute Gasteiger partial charge is 0.445 e. The van der Waals surface area contributed by atoms with Crippen LogP contribution in [0.1, 0.15) is 69.7 Å². The van der Waals surface area contributed by atoms with Crippen LogP contribution in [0.3, 0.4) is 0 Å². The second-order valence-corrected chi connectivity index (χ2v) is 14.0. The average molecular weight is 698 g/mol. The third-order valence-corrected chi connectivity index (χ3v) is 8.95. The van der Waals surface area contributed by atoms with Crippen LogP contribution in [-0.4, -0.2) is 82.6 Å². The van der Waals surface area contributed by atoms with Crippen LogP contribution in [0.25, 0.3) is 0 Å². The van der Waals surface area contributed by atoms with Crippen molar-refractivity contribution in [3.05, 3.63) is 108 Å². The second kappa shape index (κ2) is 16.5. The molecule has 12 heteroatoms. The monoisotopic (exact) mass is 697 g/mol. The third kappa shape index (κ3) is 9.87. The number of hydrogen-bond donors (Lipinski definition) is 3. The van der Waals surface area contributed by atoms with Gasteiger partial charge < -0.3 is 35.2 Å². The Morgan fingerprint density at radius 3 is 2.00 bits per heavy atom. The summed E-state index contributed by atoms with van der Waals surface area (Å²) in [6.45, 7) is 6.68. The summed E-state index contributed by atoms with van der Waals surface area (Å²) in [5.74, 6) is -1.46. The van der Waals surface area contributed by atoms with Gasteiger partial charge in [0.1, 0.15) is 30.3 Å². The predicted molar refractivity (Wildman–Crippen MR) is 190 cm³/mol. The van der Waals surface area contributed by atoms with Crippen molar-refractivity contribution in [2.24, 2.45) is 0 Å². The van der Waals surface area contributed by atoms with E-state index >= 15 is 0 Å². The van der Waals surface area contributed by atoms with Gasteiger partial charge in [-0.3, -0.25) is 14.4 Å². The van der Waals surface area contributed by atoms with Crippen molar-refractivity contribution in [3.63, 3.8) is 0 Å². The summed E-state index contributed by atoms with van der Waals surface area (Å²) in [5.41, 5.74) is 1.82. The molecular weight excluding hydrogens is 650 g/mol. The molecule has 0 unspecified atom stereocenters. The fourth-order valence-electron chi connectivity index (χ4n) is 6.45. The van der Waals surface area contributed by atoms with Gasteiger partial charge in [0, 0.05) is 12.6 Å². The zero-order valence-corrected chi connectivity index (χ0v) is 29.5. The molecule has 0 saturated carbocycles. The molecule has 0 radical (unpaired) electrons. The van der Waals surface area contributed by atoms with Crippen LogP contribution in [0.2, 0.25) is 0 Å². The lowest BCUT2D eigenvalue weighted by Crippen LogP contribution is -2.62. The molecule has 0 bridgehead atoms. The molecule has 5 rings (SSSR count). The first kappa shape index (κ1) is 36.9. The molecule has 3 N–H and O–H groups in total. The fourth-order valence-corrected chi connectivity index (χ4v) is 6.45. The lowest BCUT2D eigenvalue weighted by molar-refractivity contribution is -0.145. The van der Waals surface area contributed by atoms with Gasteiger partial charge in [-0.25, -0.2) is 9.59 Å². The summed E-state index contributed by atoms with van der Waals surface area (Å²) in [6, 6.07) is 24.6. The summed E-state index contributed by atoms with van der Waals surface area (Å²) < 4.78 is 10.9. The fraction of sp³-hybridized carbons (Fsp3) is 0.410. The molecule has 2 heterocycles. The molecule has 3 aromatic rings. The maximum atomic E-state index is 14.5. The first-order valence-corrected chi connectivity index (χ1v) is 17.4. The van der Waals surface area contributed by atoms with Crippen LogP contribution in [0.5, 0.6) is 0 Å². The summed E-state index contributed by atoms with van der Waals surface area (Å²) in [6.07, 6.45) is -0.0411. The van der Waals surface area contributed by atoms with Gasteiger partial charge in [-0.15, -0.1) is 0 Å². The van der Waals surface area contributed by atoms with Crippen molar-refractivity contribution in [1.29, 1.82) is 0 Å². The highest BCUT2D eigenvalue weighted by Gasteiger charge is 2.46. The van der Waals surface area contributed by atoms with Crippen LogP contribution in [0.15, 0.2) is 91.0 Å². The zero-order chi connectivity index (χ0) is 36.5. The Bertz CT molecular complexity index is 1630. The second-order valence-electron chi connectivity index (χ2n) is 14.0. The number of ether oxygens (including phenoxy) is 2. The van der Waals surface area contributed by atoms with Crippen molar-refractivity contribution in [2.75, 3.05) is 13.1 Å². The Kier molecular flexibility index (Phi) is 12.0. The first-order chi connectivity index (χ1) is 24.4. The average Bonchev–Trinajstić information content (AvgIpc) is 3.53. The number of benzene rings is 3. The van der Waals surface area contributed by atoms with Gasteiger partial charge in [-0.1, -0.05) is 91.0 Å². The minimum Gasteiger partial charge on any atom is -0.445 e. The maximum absolute atomic E-state index is 14.5. The van der Waals surface area contributed by atoms with Gasteiger partial charge in [0.05, 0.1) is 12.6 Å². The number of fused-ring (bicyclic) bond motifs is 1. The lowest BCUT2D eigenvalue weighted by Gasteiger charge is -2.39. The minimum atomic E-state index is -1.22. The number of amides is 5. The van der Waals surface area contributed by atoms with Crippen LogP contribution in [0.4, 0.5) is 9.59 Å². The van der Waals surface area contributed by atoms with Gasteiger partial charge in [-0.05, 0) is 63.6 Å². The summed E-state index contributed by atoms with van der Waals surface area (Å²) in [7, 11) is 0. The van der Waals surface area contributed by atoms with Crippen LogP contribution >= 0.6 is 0 Å². The predicted octanol–water partition coefficient (Wildman–Crippen LogP) is 4.69. The number of rotatable bonds is 9. The molecule has 2 fully saturated rings. The maximum Gasteiger partial charge on any atom is 0.410 e. The van der Waals surface area contributed by atoms with E-state index in [1.807, 2.05) is 91.0 Å². The van der Waals surface area contributed by atoms with E-state index in [2.05, 4.69) is 16.0 Å². The standard InChI is InChI=1S/C39H47N5O7/c1-26(40-37(48)51-39(2,3)4)34(45)41-31-24-43(38(49)50-25-27-14-8-5-9-15-27)23-22-30-20-21-32(44(30)36(31)47)35(46)42-33(28-16-10-6-11-17-28)29-18-12-7-13-19-29/h5-19,26,30-33H,20-25H2,1-4H3,(H,40,48)(H,41,45)(H,42,46)/t26-,30-,31+,32+/m1/s1. The Hall–Kier alpha value is -5.39. The molecule has 12 nitrogen and oxygen atoms in total. The van der Waals surface area contributed by atoms with Crippen molar-refractivity contribution in [3.8, 4) is 0 Å². The quantitative estimate of drug-likeness (QED) is 0.294. The van der Waals surface area contributed by atoms with Gasteiger partial charge >= 0.3 is 12.2 Å². The van der Waals surface area contributed by atoms with E-state index in [-0.39, 0.29) is 31.6 Å². The highest BCUT2D eigenvalue weighted by atomic mass is 16.6. The summed E-state index contributed by atoms with van der Waals surface area (Å²) in [5, 5.41) is 8.43. The lowest BCUT2D eigenvalue weighted by atomic mass is 9.98. The molecule has 2 aliphatic heterocycles. The third-order valence-electron chi connectivity index (χ3n) is 8.95. The summed E-state index contributed by atoms with van der Waals surface area (Å²) >= 11 is 0. The Balaban J connectivity index is 1.36. The number of alkyl carbamates (subject to hydrolysis) is 1. The first-order valence-electron chi connectivity index (χ1n) is 17.4. The van der Waals surface area contributed by atoms with Crippen molar-refractivity contribution in [1.82, 2.24) is 25.8 Å². The van der Waals surface area contributed by atoms with E-state index in [1.165, 1.54) is 11.8 Å². The van der Waals surface area contributed by atoms with Crippen molar-refractivity contribution in [2.45, 2.75) is 89.4 Å². The van der Waals surface area contributed by atoms with E-state index in [0.29, 0.717) is 19.3 Å². The van der Waals surface area contributed by atoms with E-state index in [4.69, 9.17) is 9.47 Å². The van der Waals surface area contributed by atoms with Gasteiger partial charge in [0.2, 0.25) is 17.7 Å². The normalized spacial score (nSPS) is 19.6. The Labute approximate surface area is 298 Å². The molecule has 51 heavy (non-hydrogen) atoms. The smallest absolute Gasteiger partial charge is 0.410 e. The topological polar surface area (TPSA) is 146 Å². The molecule has 2 saturated heterocycles. The molecule has 0 aliphatic carbocycles. The molecule has 0 spiro atoms. The molecule has 0 aromatic heterocycles. The van der Waals surface area contributed by atoms with Crippen LogP contribution in [0, 0.1) is 0 Å². The van der Waals surface area contributed by atoms with E-state index < -0.39 is 53.8 Å². The number of hydrogen-bond acceptors (Lipinski definition) is 7. The van der Waals surface area contributed by atoms with Gasteiger partial charge in [-0.2, -0.15) is 0 Å². The number of nitrogens with one attached hydrogen (secondary N) is 3. The highest BCUT2D eigenvalue weighted by molar-refractivity contribution is 5.95. The Morgan fingerprint density at radius 1 is 0.824 bits per heavy atom. The molecule has 4 atom stereocenters. The number of nitrogens with zero attached hydrogens (tertiary/aromatic N) is 2. The highest BCUT2D eigenvalue weighted by Crippen LogP contribution is 2.31. The van der Waals surface area contributed by atoms with E-state index in [0.717, 1.165) is 16.7 Å². The minimum absolute atomic E-state index is 0.0415. The number of carbonyl (C=O) groups excluding carboxylic acids is 5. The number of carbonyl (C=O) groups is 5. The van der Waals surface area contributed by atoms with Crippen LogP contribution < -0.4 is 16.0 Å². The molecule has 3 aromatic carbocycles. The van der Waals surface area contributed by atoms with Crippen LogP contribution in [-0.2, 0) is 30.5 Å². The van der Waals surface area contributed by atoms with Gasteiger partial charge in [0.15, 0.2) is 0 Å². The van der Waals surface area contributed by atoms with Gasteiger partial charge in [0.25, 0.3) is 0 Å². The summed E-state index contributed by atoms with van der Waals surface area (Å²) in [4.78, 5) is 70.8.